The van der Waals surface area contributed by atoms with E-state index >= 15 is 0 Å². The lowest BCUT2D eigenvalue weighted by Crippen LogP contribution is -2.39. The fourth-order valence-electron chi connectivity index (χ4n) is 3.41. The molecule has 0 atom stereocenters. The summed E-state index contributed by atoms with van der Waals surface area (Å²) in [6.07, 6.45) is 8.69. The summed E-state index contributed by atoms with van der Waals surface area (Å²) in [6.45, 7) is 7.05. The molecule has 0 aromatic carbocycles. The van der Waals surface area contributed by atoms with Crippen LogP contribution in [-0.4, -0.2) is 51.3 Å². The Labute approximate surface area is 112 Å². The highest BCUT2D eigenvalue weighted by Gasteiger charge is 2.23. The fraction of sp³-hybridized carbons (Fsp3) is 1.00. The minimum Gasteiger partial charge on any atom is -0.383 e. The van der Waals surface area contributed by atoms with Crippen LogP contribution >= 0.6 is 0 Å². The lowest BCUT2D eigenvalue weighted by atomic mass is 9.95. The average molecular weight is 254 g/mol. The van der Waals surface area contributed by atoms with Gasteiger partial charge in [-0.1, -0.05) is 12.8 Å². The number of hydrogen-bond acceptors (Lipinski definition) is 3. The standard InChI is InChI=1S/C15H30N2O/c1-18-11-8-16-12-14-6-9-17(10-7-14)13-15-4-2-3-5-15/h14-16H,2-13H2,1H3. The molecular weight excluding hydrogens is 224 g/mol. The number of methoxy groups -OCH3 is 1. The van der Waals surface area contributed by atoms with Crippen molar-refractivity contribution < 1.29 is 4.74 Å². The molecule has 106 valence electrons. The van der Waals surface area contributed by atoms with Crippen LogP contribution in [0.3, 0.4) is 0 Å². The molecule has 2 aliphatic rings. The largest absolute Gasteiger partial charge is 0.383 e. The predicted molar refractivity (Wildman–Crippen MR) is 75.9 cm³/mol. The fourth-order valence-corrected chi connectivity index (χ4v) is 3.41. The second kappa shape index (κ2) is 8.13. The molecule has 2 rings (SSSR count). The zero-order chi connectivity index (χ0) is 12.6. The van der Waals surface area contributed by atoms with Crippen molar-refractivity contribution in [2.24, 2.45) is 11.8 Å². The molecular formula is C15H30N2O. The van der Waals surface area contributed by atoms with Gasteiger partial charge in [0.15, 0.2) is 0 Å². The summed E-state index contributed by atoms with van der Waals surface area (Å²) < 4.78 is 5.05. The Morgan fingerprint density at radius 3 is 2.44 bits per heavy atom. The number of nitrogens with zero attached hydrogens (tertiary/aromatic N) is 1. The first kappa shape index (κ1) is 14.3. The van der Waals surface area contributed by atoms with Gasteiger partial charge in [-0.25, -0.2) is 0 Å². The van der Waals surface area contributed by atoms with Gasteiger partial charge >= 0.3 is 0 Å². The molecule has 1 N–H and O–H groups in total. The highest BCUT2D eigenvalue weighted by molar-refractivity contribution is 4.77. The summed E-state index contributed by atoms with van der Waals surface area (Å²) in [5.74, 6) is 1.91. The van der Waals surface area contributed by atoms with Crippen molar-refractivity contribution in [1.82, 2.24) is 10.2 Å². The van der Waals surface area contributed by atoms with Gasteiger partial charge in [-0.15, -0.1) is 0 Å². The molecule has 1 saturated carbocycles. The molecule has 1 heterocycles. The van der Waals surface area contributed by atoms with Crippen molar-refractivity contribution in [2.75, 3.05) is 46.4 Å². The molecule has 0 spiro atoms. The van der Waals surface area contributed by atoms with E-state index in [0.29, 0.717) is 0 Å². The maximum absolute atomic E-state index is 5.05. The van der Waals surface area contributed by atoms with Gasteiger partial charge in [0.25, 0.3) is 0 Å². The van der Waals surface area contributed by atoms with Crippen molar-refractivity contribution in [2.45, 2.75) is 38.5 Å². The van der Waals surface area contributed by atoms with Crippen molar-refractivity contribution in [3.8, 4) is 0 Å². The van der Waals surface area contributed by atoms with Gasteiger partial charge in [0.2, 0.25) is 0 Å². The average Bonchev–Trinajstić information content (AvgIpc) is 2.89. The van der Waals surface area contributed by atoms with Crippen LogP contribution in [0.1, 0.15) is 38.5 Å². The topological polar surface area (TPSA) is 24.5 Å². The van der Waals surface area contributed by atoms with Crippen LogP contribution in [0.2, 0.25) is 0 Å². The summed E-state index contributed by atoms with van der Waals surface area (Å²) in [4.78, 5) is 2.71. The van der Waals surface area contributed by atoms with E-state index in [2.05, 4.69) is 10.2 Å². The van der Waals surface area contributed by atoms with E-state index in [4.69, 9.17) is 4.74 Å². The minimum atomic E-state index is 0.834. The molecule has 0 radical (unpaired) electrons. The van der Waals surface area contributed by atoms with Crippen LogP contribution in [0.15, 0.2) is 0 Å². The number of nitrogens with one attached hydrogen (secondary N) is 1. The quantitative estimate of drug-likeness (QED) is 0.704. The maximum atomic E-state index is 5.05. The van der Waals surface area contributed by atoms with E-state index in [-0.39, 0.29) is 0 Å². The Balaban J connectivity index is 1.53. The molecule has 0 amide bonds. The third-order valence-corrected chi connectivity index (χ3v) is 4.61. The first-order chi connectivity index (χ1) is 8.88. The van der Waals surface area contributed by atoms with Gasteiger partial charge in [-0.05, 0) is 57.2 Å². The number of likely N-dealkylation sites (tertiary alicyclic amines) is 1. The maximum Gasteiger partial charge on any atom is 0.0587 e. The monoisotopic (exact) mass is 254 g/mol. The molecule has 1 saturated heterocycles. The van der Waals surface area contributed by atoms with Crippen LogP contribution < -0.4 is 5.32 Å². The van der Waals surface area contributed by atoms with Crippen LogP contribution in [0.25, 0.3) is 0 Å². The van der Waals surface area contributed by atoms with Gasteiger partial charge in [0.05, 0.1) is 6.61 Å². The third-order valence-electron chi connectivity index (χ3n) is 4.61. The lowest BCUT2D eigenvalue weighted by molar-refractivity contribution is 0.155. The van der Waals surface area contributed by atoms with E-state index in [1.807, 2.05) is 0 Å². The van der Waals surface area contributed by atoms with Crippen LogP contribution in [0, 0.1) is 11.8 Å². The second-order valence-corrected chi connectivity index (χ2v) is 6.09. The Morgan fingerprint density at radius 2 is 1.78 bits per heavy atom. The molecule has 0 aromatic rings. The Bertz CT molecular complexity index is 209. The van der Waals surface area contributed by atoms with E-state index in [1.54, 1.807) is 7.11 Å². The molecule has 3 nitrogen and oxygen atoms in total. The zero-order valence-corrected chi connectivity index (χ0v) is 12.0. The van der Waals surface area contributed by atoms with Crippen molar-refractivity contribution >= 4 is 0 Å². The van der Waals surface area contributed by atoms with Gasteiger partial charge in [0.1, 0.15) is 0 Å². The summed E-state index contributed by atoms with van der Waals surface area (Å²) in [5, 5.41) is 3.50. The van der Waals surface area contributed by atoms with Gasteiger partial charge in [-0.3, -0.25) is 0 Å². The highest BCUT2D eigenvalue weighted by atomic mass is 16.5. The third kappa shape index (κ3) is 4.87. The Hall–Kier alpha value is -0.120. The van der Waals surface area contributed by atoms with E-state index in [0.717, 1.165) is 25.0 Å². The molecule has 2 fully saturated rings. The lowest BCUT2D eigenvalue weighted by Gasteiger charge is -2.33. The van der Waals surface area contributed by atoms with Crippen molar-refractivity contribution in [3.05, 3.63) is 0 Å². The number of hydrogen-bond donors (Lipinski definition) is 1. The normalized spacial score (nSPS) is 23.8. The van der Waals surface area contributed by atoms with Crippen LogP contribution in [0.4, 0.5) is 0 Å². The van der Waals surface area contributed by atoms with Crippen molar-refractivity contribution in [1.29, 1.82) is 0 Å². The van der Waals surface area contributed by atoms with E-state index in [9.17, 15) is 0 Å². The number of ether oxygens (including phenoxy) is 1. The summed E-state index contributed by atoms with van der Waals surface area (Å²) in [5.41, 5.74) is 0. The summed E-state index contributed by atoms with van der Waals surface area (Å²) in [7, 11) is 1.77. The minimum absolute atomic E-state index is 0.834. The first-order valence-corrected chi connectivity index (χ1v) is 7.80. The molecule has 0 unspecified atom stereocenters. The SMILES string of the molecule is COCCNCC1CCN(CC2CCCC2)CC1. The van der Waals surface area contributed by atoms with Crippen LogP contribution in [0.5, 0.6) is 0 Å². The molecule has 0 bridgehead atoms. The highest BCUT2D eigenvalue weighted by Crippen LogP contribution is 2.27. The number of piperidine rings is 1. The smallest absolute Gasteiger partial charge is 0.0587 e. The van der Waals surface area contributed by atoms with E-state index in [1.165, 1.54) is 64.7 Å². The Kier molecular flexibility index (Phi) is 6.46. The molecule has 0 aromatic heterocycles. The summed E-state index contributed by atoms with van der Waals surface area (Å²) >= 11 is 0. The zero-order valence-electron chi connectivity index (χ0n) is 12.0. The second-order valence-electron chi connectivity index (χ2n) is 6.09. The van der Waals surface area contributed by atoms with Gasteiger partial charge in [-0.2, -0.15) is 0 Å². The van der Waals surface area contributed by atoms with Gasteiger partial charge in [0, 0.05) is 20.2 Å². The molecule has 3 heteroatoms. The summed E-state index contributed by atoms with van der Waals surface area (Å²) in [6, 6.07) is 0. The van der Waals surface area contributed by atoms with E-state index < -0.39 is 0 Å². The molecule has 1 aliphatic heterocycles. The Morgan fingerprint density at radius 1 is 1.06 bits per heavy atom. The van der Waals surface area contributed by atoms with Crippen LogP contribution in [-0.2, 0) is 4.74 Å². The van der Waals surface area contributed by atoms with Crippen molar-refractivity contribution in [3.63, 3.8) is 0 Å². The molecule has 1 aliphatic carbocycles. The number of rotatable bonds is 7. The molecule has 18 heavy (non-hydrogen) atoms. The van der Waals surface area contributed by atoms with Gasteiger partial charge < -0.3 is 15.0 Å². The first-order valence-electron chi connectivity index (χ1n) is 7.80. The predicted octanol–water partition coefficient (Wildman–Crippen LogP) is 2.12.